The third-order valence-corrected chi connectivity index (χ3v) is 8.94. The molecule has 0 unspecified atom stereocenters. The number of carboxylic acids is 1. The molecule has 4 N–H and O–H groups in total. The maximum atomic E-state index is 13.2. The number of thiazole rings is 1. The summed E-state index contributed by atoms with van der Waals surface area (Å²) in [5.41, 5.74) is 5.92. The molecule has 13 nitrogen and oxygen atoms in total. The van der Waals surface area contributed by atoms with Crippen LogP contribution >= 0.6 is 34.9 Å². The average molecular weight is 590 g/mol. The lowest BCUT2D eigenvalue weighted by Gasteiger charge is -2.50. The summed E-state index contributed by atoms with van der Waals surface area (Å²) in [4.78, 5) is 61.8. The van der Waals surface area contributed by atoms with E-state index in [4.69, 9.17) is 10.6 Å². The van der Waals surface area contributed by atoms with Gasteiger partial charge < -0.3 is 31.1 Å². The summed E-state index contributed by atoms with van der Waals surface area (Å²) in [5, 5.41) is 22.3. The Kier molecular flexibility index (Phi) is 7.76. The fourth-order valence-electron chi connectivity index (χ4n) is 4.33. The molecule has 0 bridgehead atoms. The third kappa shape index (κ3) is 5.44. The van der Waals surface area contributed by atoms with Crippen molar-refractivity contribution in [2.24, 2.45) is 5.16 Å². The smallest absolute Gasteiger partial charge is 0.276 e. The molecule has 3 aliphatic heterocycles. The number of carboxylic acid groups (broad SMARTS) is 1. The van der Waals surface area contributed by atoms with Gasteiger partial charge in [-0.15, -0.1) is 34.9 Å². The highest BCUT2D eigenvalue weighted by Crippen LogP contribution is 2.40. The quantitative estimate of drug-likeness (QED) is 0.102. The number of nitrogens with zero attached hydrogens (tertiary/aromatic N) is 4. The van der Waals surface area contributed by atoms with Crippen LogP contribution in [-0.4, -0.2) is 75.4 Å². The summed E-state index contributed by atoms with van der Waals surface area (Å²) in [6.07, 6.45) is 5.18. The van der Waals surface area contributed by atoms with Gasteiger partial charge in [-0.05, 0) is 12.3 Å². The zero-order valence-corrected chi connectivity index (χ0v) is 22.9. The van der Waals surface area contributed by atoms with Gasteiger partial charge >= 0.3 is 0 Å². The number of aromatic nitrogens is 2. The van der Waals surface area contributed by atoms with Crippen molar-refractivity contribution in [1.29, 1.82) is 0 Å². The van der Waals surface area contributed by atoms with Gasteiger partial charge in [0.1, 0.15) is 17.1 Å². The maximum absolute atomic E-state index is 13.2. The fraction of sp³-hybridized carbons (Fsp3) is 0.348. The first-order valence-corrected chi connectivity index (χ1v) is 14.9. The number of carbonyl (C=O) groups is 4. The minimum atomic E-state index is -1.46. The van der Waals surface area contributed by atoms with E-state index in [0.29, 0.717) is 24.3 Å². The Morgan fingerprint density at radius 3 is 2.92 bits per heavy atom. The monoisotopic (exact) mass is 589 g/mol. The summed E-state index contributed by atoms with van der Waals surface area (Å²) in [6.45, 7) is 0.694. The molecule has 0 spiro atoms. The standard InChI is InChI=1S/C23H23N7O6S3/c1-37-12-3-2-6-29(8-12)7-11-9-38-21-16(20(33)30(21)17(11)22(34)35)27-19(32)15(13-10-39-23(24)26-13)28-36-14-4-5-25-18(14)31/h2-3,6,8,10,14,16,21H,4-5,7,9H2,1H3,(H4-,24,25,26,27,31,32,34,35)/b28-15-/t14-,16+,21-/m0/s1. The predicted octanol–water partition coefficient (Wildman–Crippen LogP) is -1.55. The number of nitrogen functional groups attached to an aromatic ring is 1. The molecule has 0 radical (unpaired) electrons. The number of hydrogen-bond donors (Lipinski definition) is 3. The van der Waals surface area contributed by atoms with Crippen LogP contribution in [0.4, 0.5) is 5.13 Å². The van der Waals surface area contributed by atoms with Crippen LogP contribution in [0.2, 0.25) is 0 Å². The van der Waals surface area contributed by atoms with E-state index in [9.17, 15) is 24.3 Å². The van der Waals surface area contributed by atoms with Crippen molar-refractivity contribution < 1.29 is 33.7 Å². The molecular formula is C23H23N7O6S3. The topological polar surface area (TPSA) is 183 Å². The lowest BCUT2D eigenvalue weighted by molar-refractivity contribution is -0.690. The number of nitrogens with one attached hydrogen (secondary N) is 2. The van der Waals surface area contributed by atoms with E-state index in [-0.39, 0.29) is 34.7 Å². The number of oxime groups is 1. The minimum Gasteiger partial charge on any atom is -0.543 e. The van der Waals surface area contributed by atoms with Crippen molar-refractivity contribution in [3.8, 4) is 0 Å². The number of fused-ring (bicyclic) bond motifs is 1. The van der Waals surface area contributed by atoms with Gasteiger partial charge in [0.05, 0.1) is 16.6 Å². The zero-order chi connectivity index (χ0) is 27.7. The van der Waals surface area contributed by atoms with E-state index in [1.165, 1.54) is 17.1 Å². The number of β-lactam (4-membered cyclic amide) rings is 1. The van der Waals surface area contributed by atoms with Crippen molar-refractivity contribution in [3.05, 3.63) is 46.9 Å². The van der Waals surface area contributed by atoms with E-state index in [1.807, 2.05) is 35.3 Å². The molecule has 2 aromatic heterocycles. The number of anilines is 1. The molecule has 0 saturated carbocycles. The molecule has 16 heteroatoms. The highest BCUT2D eigenvalue weighted by molar-refractivity contribution is 8.00. The number of amides is 3. The van der Waals surface area contributed by atoms with Gasteiger partial charge in [0.2, 0.25) is 6.10 Å². The summed E-state index contributed by atoms with van der Waals surface area (Å²) in [5.74, 6) is -2.85. The molecule has 39 heavy (non-hydrogen) atoms. The van der Waals surface area contributed by atoms with Gasteiger partial charge in [-0.3, -0.25) is 19.3 Å². The second kappa shape index (κ2) is 11.2. The first kappa shape index (κ1) is 27.0. The number of pyridine rings is 1. The van der Waals surface area contributed by atoms with Gasteiger partial charge in [-0.1, -0.05) is 5.16 Å². The largest absolute Gasteiger partial charge is 0.543 e. The van der Waals surface area contributed by atoms with E-state index in [2.05, 4.69) is 20.8 Å². The van der Waals surface area contributed by atoms with Gasteiger partial charge in [-0.25, -0.2) is 4.98 Å². The highest BCUT2D eigenvalue weighted by Gasteiger charge is 2.53. The van der Waals surface area contributed by atoms with Crippen molar-refractivity contribution in [1.82, 2.24) is 20.5 Å². The Labute approximate surface area is 234 Å². The molecule has 0 aliphatic carbocycles. The Bertz CT molecular complexity index is 1410. The molecule has 2 fully saturated rings. The average Bonchev–Trinajstić information content (AvgIpc) is 3.54. The van der Waals surface area contributed by atoms with Crippen molar-refractivity contribution in [2.75, 3.05) is 24.3 Å². The predicted molar refractivity (Wildman–Crippen MR) is 141 cm³/mol. The number of rotatable bonds is 9. The van der Waals surface area contributed by atoms with Crippen molar-refractivity contribution in [2.45, 2.75) is 35.4 Å². The van der Waals surface area contributed by atoms with E-state index in [1.54, 1.807) is 11.8 Å². The SMILES string of the molecule is CSc1ccc[n+](CC2=C(C(=O)[O-])N3C(=O)[C@@H](NC(=O)/C(=N\O[C@H]4CCNC4=O)c4csc(N)n4)[C@@H]3SC2)c1. The molecule has 3 aliphatic rings. The summed E-state index contributed by atoms with van der Waals surface area (Å²) < 4.78 is 1.85. The number of hydrogen-bond acceptors (Lipinski definition) is 12. The van der Waals surface area contributed by atoms with Crippen LogP contribution in [0.5, 0.6) is 0 Å². The van der Waals surface area contributed by atoms with Crippen LogP contribution in [0.25, 0.3) is 0 Å². The second-order valence-electron chi connectivity index (χ2n) is 8.70. The number of aliphatic carboxylic acids is 1. The van der Waals surface area contributed by atoms with Crippen LogP contribution < -0.4 is 26.0 Å². The van der Waals surface area contributed by atoms with Crippen LogP contribution in [0.3, 0.4) is 0 Å². The second-order valence-corrected chi connectivity index (χ2v) is 11.6. The molecule has 5 heterocycles. The maximum Gasteiger partial charge on any atom is 0.276 e. The van der Waals surface area contributed by atoms with E-state index < -0.39 is 35.3 Å². The Morgan fingerprint density at radius 1 is 1.44 bits per heavy atom. The molecule has 2 aromatic rings. The van der Waals surface area contributed by atoms with Crippen molar-refractivity contribution >= 4 is 69.4 Å². The summed E-state index contributed by atoms with van der Waals surface area (Å²) in [7, 11) is 0. The lowest BCUT2D eigenvalue weighted by Crippen LogP contribution is -2.71. The zero-order valence-electron chi connectivity index (χ0n) is 20.5. The van der Waals surface area contributed by atoms with Gasteiger partial charge in [0.15, 0.2) is 29.8 Å². The van der Waals surface area contributed by atoms with Crippen LogP contribution in [-0.2, 0) is 30.6 Å². The summed E-state index contributed by atoms with van der Waals surface area (Å²) in [6, 6.07) is 2.79. The molecule has 3 atom stereocenters. The lowest BCUT2D eigenvalue weighted by atomic mass is 10.0. The fourth-order valence-corrected chi connectivity index (χ4v) is 6.67. The van der Waals surface area contributed by atoms with Gasteiger partial charge in [0, 0.05) is 35.7 Å². The molecular weight excluding hydrogens is 566 g/mol. The minimum absolute atomic E-state index is 0.121. The van der Waals surface area contributed by atoms with E-state index in [0.717, 1.165) is 21.1 Å². The Morgan fingerprint density at radius 2 is 2.26 bits per heavy atom. The third-order valence-electron chi connectivity index (χ3n) is 6.22. The molecule has 3 amide bonds. The molecule has 0 aromatic carbocycles. The normalized spacial score (nSPS) is 22.7. The van der Waals surface area contributed by atoms with Gasteiger partial charge in [0.25, 0.3) is 17.7 Å². The number of carbonyl (C=O) groups excluding carboxylic acids is 4. The first-order chi connectivity index (χ1) is 18.8. The van der Waals surface area contributed by atoms with E-state index >= 15 is 0 Å². The van der Waals surface area contributed by atoms with Crippen LogP contribution in [0.1, 0.15) is 12.1 Å². The van der Waals surface area contributed by atoms with Gasteiger partial charge in [-0.2, -0.15) is 4.57 Å². The Balaban J connectivity index is 1.34. The van der Waals surface area contributed by atoms with Crippen LogP contribution in [0.15, 0.2) is 51.2 Å². The molecule has 5 rings (SSSR count). The summed E-state index contributed by atoms with van der Waals surface area (Å²) >= 11 is 3.98. The van der Waals surface area contributed by atoms with Crippen molar-refractivity contribution in [3.63, 3.8) is 0 Å². The molecule has 204 valence electrons. The number of nitrogens with two attached hydrogens (primary N) is 1. The first-order valence-electron chi connectivity index (χ1n) is 11.7. The molecule has 2 saturated heterocycles. The number of thioether (sulfide) groups is 2. The van der Waals surface area contributed by atoms with Crippen LogP contribution in [0, 0.1) is 0 Å². The highest BCUT2D eigenvalue weighted by atomic mass is 32.2. The Hall–Kier alpha value is -3.63.